The van der Waals surface area contributed by atoms with Crippen LogP contribution in [0.3, 0.4) is 0 Å². The zero-order valence-corrected chi connectivity index (χ0v) is 16.0. The lowest BCUT2D eigenvalue weighted by Gasteiger charge is -2.35. The molecule has 1 amide bonds. The Kier molecular flexibility index (Phi) is 6.84. The first-order chi connectivity index (χ1) is 12.6. The molecule has 1 heterocycles. The fraction of sp³-hybridized carbons (Fsp3) is 0.636. The summed E-state index contributed by atoms with van der Waals surface area (Å²) in [6.07, 6.45) is 8.14. The highest BCUT2D eigenvalue weighted by Crippen LogP contribution is 2.24. The smallest absolute Gasteiger partial charge is 0.237 e. The van der Waals surface area contributed by atoms with Gasteiger partial charge in [0.15, 0.2) is 5.78 Å². The quantitative estimate of drug-likeness (QED) is 0.791. The van der Waals surface area contributed by atoms with Crippen molar-refractivity contribution in [2.45, 2.75) is 57.9 Å². The van der Waals surface area contributed by atoms with Crippen LogP contribution in [0.15, 0.2) is 30.3 Å². The van der Waals surface area contributed by atoms with Crippen molar-refractivity contribution in [3.63, 3.8) is 0 Å². The average molecular weight is 357 g/mol. The van der Waals surface area contributed by atoms with Crippen molar-refractivity contribution >= 4 is 11.7 Å². The molecule has 1 aliphatic heterocycles. The van der Waals surface area contributed by atoms with Gasteiger partial charge in [-0.05, 0) is 51.6 Å². The SMILES string of the molecule is CC(C(=O)NCC1CCCCC1)N1CCC(C(=O)c2ccccc2)CC1. The van der Waals surface area contributed by atoms with Gasteiger partial charge in [-0.25, -0.2) is 0 Å². The normalized spacial score (nSPS) is 21.3. The van der Waals surface area contributed by atoms with Gasteiger partial charge in [0.25, 0.3) is 0 Å². The van der Waals surface area contributed by atoms with Crippen LogP contribution in [-0.2, 0) is 4.79 Å². The second kappa shape index (κ2) is 9.31. The van der Waals surface area contributed by atoms with Crippen molar-refractivity contribution < 1.29 is 9.59 Å². The van der Waals surface area contributed by atoms with Gasteiger partial charge in [-0.3, -0.25) is 14.5 Å². The first-order valence-electron chi connectivity index (χ1n) is 10.3. The number of rotatable bonds is 6. The topological polar surface area (TPSA) is 49.4 Å². The Bertz CT molecular complexity index is 587. The van der Waals surface area contributed by atoms with Crippen LogP contribution in [0.1, 0.15) is 62.2 Å². The van der Waals surface area contributed by atoms with E-state index in [4.69, 9.17) is 0 Å². The Morgan fingerprint density at radius 1 is 1.04 bits per heavy atom. The first-order valence-corrected chi connectivity index (χ1v) is 10.3. The van der Waals surface area contributed by atoms with Crippen LogP contribution in [0.25, 0.3) is 0 Å². The van der Waals surface area contributed by atoms with E-state index in [1.54, 1.807) is 0 Å². The molecule has 2 fully saturated rings. The van der Waals surface area contributed by atoms with Gasteiger partial charge in [0, 0.05) is 18.0 Å². The summed E-state index contributed by atoms with van der Waals surface area (Å²) in [5, 5.41) is 3.16. The highest BCUT2D eigenvalue weighted by Gasteiger charge is 2.30. The molecular weight excluding hydrogens is 324 g/mol. The molecule has 1 aliphatic carbocycles. The van der Waals surface area contributed by atoms with Crippen molar-refractivity contribution in [2.24, 2.45) is 11.8 Å². The number of likely N-dealkylation sites (tertiary alicyclic amines) is 1. The van der Waals surface area contributed by atoms with E-state index in [9.17, 15) is 9.59 Å². The summed E-state index contributed by atoms with van der Waals surface area (Å²) in [4.78, 5) is 27.3. The maximum Gasteiger partial charge on any atom is 0.237 e. The average Bonchev–Trinajstić information content (AvgIpc) is 2.72. The monoisotopic (exact) mass is 356 g/mol. The van der Waals surface area contributed by atoms with Gasteiger partial charge in [0.1, 0.15) is 0 Å². The molecule has 142 valence electrons. The Morgan fingerprint density at radius 2 is 1.69 bits per heavy atom. The van der Waals surface area contributed by atoms with Crippen molar-refractivity contribution in [1.29, 1.82) is 0 Å². The zero-order valence-electron chi connectivity index (χ0n) is 16.0. The number of amides is 1. The van der Waals surface area contributed by atoms with Crippen LogP contribution in [-0.4, -0.2) is 42.3 Å². The minimum absolute atomic E-state index is 0.0890. The number of hydrogen-bond acceptors (Lipinski definition) is 3. The maximum absolute atomic E-state index is 12.6. The molecule has 1 N–H and O–H groups in total. The summed E-state index contributed by atoms with van der Waals surface area (Å²) in [7, 11) is 0. The Balaban J connectivity index is 1.43. The minimum atomic E-state index is -0.105. The van der Waals surface area contributed by atoms with Crippen LogP contribution in [0.2, 0.25) is 0 Å². The number of nitrogens with zero attached hydrogens (tertiary/aromatic N) is 1. The zero-order chi connectivity index (χ0) is 18.4. The molecule has 0 spiro atoms. The number of nitrogens with one attached hydrogen (secondary N) is 1. The van der Waals surface area contributed by atoms with Gasteiger partial charge in [-0.15, -0.1) is 0 Å². The largest absolute Gasteiger partial charge is 0.354 e. The van der Waals surface area contributed by atoms with Crippen molar-refractivity contribution in [1.82, 2.24) is 10.2 Å². The first kappa shape index (κ1) is 19.1. The third kappa shape index (κ3) is 4.94. The second-order valence-corrected chi connectivity index (χ2v) is 7.97. The van der Waals surface area contributed by atoms with E-state index in [0.717, 1.165) is 38.0 Å². The standard InChI is InChI=1S/C22H32N2O2/c1-17(22(26)23-16-18-8-4-2-5-9-18)24-14-12-20(13-15-24)21(25)19-10-6-3-7-11-19/h3,6-7,10-11,17-18,20H,2,4-5,8-9,12-16H2,1H3,(H,23,26). The number of Topliss-reactive ketones (excluding diaryl/α,β-unsaturated/α-hetero) is 1. The summed E-state index contributed by atoms with van der Waals surface area (Å²) in [6.45, 7) is 4.46. The van der Waals surface area contributed by atoms with E-state index < -0.39 is 0 Å². The molecule has 4 nitrogen and oxygen atoms in total. The number of hydrogen-bond donors (Lipinski definition) is 1. The van der Waals surface area contributed by atoms with Gasteiger partial charge >= 0.3 is 0 Å². The third-order valence-corrected chi connectivity index (χ3v) is 6.18. The lowest BCUT2D eigenvalue weighted by molar-refractivity contribution is -0.126. The fourth-order valence-corrected chi connectivity index (χ4v) is 4.34. The van der Waals surface area contributed by atoms with Gasteiger partial charge in [-0.2, -0.15) is 0 Å². The molecule has 0 bridgehead atoms. The number of carbonyl (C=O) groups excluding carboxylic acids is 2. The fourth-order valence-electron chi connectivity index (χ4n) is 4.34. The summed E-state index contributed by atoms with van der Waals surface area (Å²) in [5.74, 6) is 1.14. The van der Waals surface area contributed by atoms with Gasteiger partial charge < -0.3 is 5.32 Å². The predicted molar refractivity (Wildman–Crippen MR) is 104 cm³/mol. The molecule has 26 heavy (non-hydrogen) atoms. The molecule has 4 heteroatoms. The molecule has 1 atom stereocenters. The number of carbonyl (C=O) groups is 2. The number of ketones is 1. The maximum atomic E-state index is 12.6. The highest BCUT2D eigenvalue weighted by atomic mass is 16.2. The van der Waals surface area contributed by atoms with Gasteiger partial charge in [0.2, 0.25) is 5.91 Å². The van der Waals surface area contributed by atoms with Gasteiger partial charge in [0.05, 0.1) is 6.04 Å². The lowest BCUT2D eigenvalue weighted by Crippen LogP contribution is -2.49. The van der Waals surface area contributed by atoms with Crippen LogP contribution in [0.5, 0.6) is 0 Å². The minimum Gasteiger partial charge on any atom is -0.354 e. The highest BCUT2D eigenvalue weighted by molar-refractivity contribution is 5.97. The lowest BCUT2D eigenvalue weighted by atomic mass is 9.88. The Labute approximate surface area is 157 Å². The van der Waals surface area contributed by atoms with E-state index in [2.05, 4.69) is 10.2 Å². The van der Waals surface area contributed by atoms with Crippen LogP contribution in [0.4, 0.5) is 0 Å². The molecule has 2 aliphatic rings. The molecule has 1 unspecified atom stereocenters. The molecule has 1 aromatic carbocycles. The number of benzene rings is 1. The molecule has 1 aromatic rings. The molecule has 0 radical (unpaired) electrons. The number of piperidine rings is 1. The molecular formula is C22H32N2O2. The molecule has 3 rings (SSSR count). The van der Waals surface area contributed by atoms with Crippen molar-refractivity contribution in [3.05, 3.63) is 35.9 Å². The summed E-state index contributed by atoms with van der Waals surface area (Å²) in [5.41, 5.74) is 0.809. The summed E-state index contributed by atoms with van der Waals surface area (Å²) < 4.78 is 0. The van der Waals surface area contributed by atoms with E-state index in [1.165, 1.54) is 32.1 Å². The van der Waals surface area contributed by atoms with Crippen LogP contribution >= 0.6 is 0 Å². The van der Waals surface area contributed by atoms with E-state index in [1.807, 2.05) is 37.3 Å². The predicted octanol–water partition coefficient (Wildman–Crippen LogP) is 3.67. The Morgan fingerprint density at radius 3 is 2.35 bits per heavy atom. The second-order valence-electron chi connectivity index (χ2n) is 7.97. The summed E-state index contributed by atoms with van der Waals surface area (Å²) in [6, 6.07) is 9.47. The molecule has 0 aromatic heterocycles. The van der Waals surface area contributed by atoms with Crippen LogP contribution < -0.4 is 5.32 Å². The Hall–Kier alpha value is -1.68. The van der Waals surface area contributed by atoms with E-state index in [-0.39, 0.29) is 23.7 Å². The molecule has 1 saturated heterocycles. The summed E-state index contributed by atoms with van der Waals surface area (Å²) >= 11 is 0. The van der Waals surface area contributed by atoms with E-state index in [0.29, 0.717) is 5.92 Å². The van der Waals surface area contributed by atoms with Crippen molar-refractivity contribution in [3.8, 4) is 0 Å². The molecule has 1 saturated carbocycles. The van der Waals surface area contributed by atoms with Crippen molar-refractivity contribution in [2.75, 3.05) is 19.6 Å². The third-order valence-electron chi connectivity index (χ3n) is 6.18. The van der Waals surface area contributed by atoms with Crippen LogP contribution in [0, 0.1) is 11.8 Å². The van der Waals surface area contributed by atoms with Gasteiger partial charge in [-0.1, -0.05) is 49.6 Å². The van der Waals surface area contributed by atoms with E-state index >= 15 is 0 Å².